The monoisotopic (exact) mass is 178 g/mol. The van der Waals surface area contributed by atoms with Crippen molar-refractivity contribution in [1.29, 1.82) is 0 Å². The molecule has 1 aliphatic rings. The normalized spacial score (nSPS) is 13.4. The number of halogens is 1. The molecule has 0 unspecified atom stereocenters. The highest BCUT2D eigenvalue weighted by molar-refractivity contribution is 6.33. The van der Waals surface area contributed by atoms with Gasteiger partial charge in [-0.25, -0.2) is 0 Å². The second-order valence-corrected chi connectivity index (χ2v) is 2.82. The molecule has 1 aromatic rings. The zero-order valence-corrected chi connectivity index (χ0v) is 7.05. The van der Waals surface area contributed by atoms with Gasteiger partial charge in [0, 0.05) is 12.4 Å². The molecule has 1 N–H and O–H groups in total. The molecule has 2 nitrogen and oxygen atoms in total. The van der Waals surface area contributed by atoms with E-state index < -0.39 is 0 Å². The van der Waals surface area contributed by atoms with Crippen molar-refractivity contribution in [3.8, 4) is 0 Å². The standard InChI is InChI=1S/C9H7ClN2/c10-7-3-1-4-8-9(7)12-6-2-5-11-8/h1-6,11H. The Hall–Kier alpha value is -1.28. The van der Waals surface area contributed by atoms with Gasteiger partial charge in [-0.1, -0.05) is 17.7 Å². The van der Waals surface area contributed by atoms with Gasteiger partial charge in [0.05, 0.1) is 10.7 Å². The lowest BCUT2D eigenvalue weighted by Crippen LogP contribution is -1.85. The van der Waals surface area contributed by atoms with Gasteiger partial charge in [0.2, 0.25) is 0 Å². The van der Waals surface area contributed by atoms with E-state index in [1.807, 2.05) is 30.5 Å². The molecular weight excluding hydrogens is 172 g/mol. The number of rotatable bonds is 0. The lowest BCUT2D eigenvalue weighted by molar-refractivity contribution is 1.52. The second kappa shape index (κ2) is 2.99. The number of anilines is 1. The minimum atomic E-state index is 0.667. The zero-order chi connectivity index (χ0) is 8.39. The number of hydrogen-bond donors (Lipinski definition) is 1. The molecule has 1 aliphatic heterocycles. The lowest BCUT2D eigenvalue weighted by atomic mass is 10.3. The molecule has 12 heavy (non-hydrogen) atoms. The first-order chi connectivity index (χ1) is 5.88. The minimum absolute atomic E-state index is 0.667. The Labute approximate surface area is 75.6 Å². The second-order valence-electron chi connectivity index (χ2n) is 2.42. The smallest absolute Gasteiger partial charge is 0.105 e. The molecule has 0 spiro atoms. The first-order valence-corrected chi connectivity index (χ1v) is 4.00. The molecule has 0 fully saturated rings. The minimum Gasteiger partial charge on any atom is -0.360 e. The number of fused-ring (bicyclic) bond motifs is 1. The Balaban J connectivity index is 2.59. The Morgan fingerprint density at radius 2 is 2.25 bits per heavy atom. The van der Waals surface area contributed by atoms with Gasteiger partial charge in [0.1, 0.15) is 5.69 Å². The highest BCUT2D eigenvalue weighted by Crippen LogP contribution is 2.33. The van der Waals surface area contributed by atoms with E-state index in [-0.39, 0.29) is 0 Å². The lowest BCUT2D eigenvalue weighted by Gasteiger charge is -2.04. The van der Waals surface area contributed by atoms with Crippen LogP contribution in [0.4, 0.5) is 11.4 Å². The number of aliphatic imine (C=N–C) groups is 1. The molecule has 1 aromatic carbocycles. The van der Waals surface area contributed by atoms with Crippen LogP contribution in [0.5, 0.6) is 0 Å². The van der Waals surface area contributed by atoms with Gasteiger partial charge < -0.3 is 5.32 Å². The fraction of sp³-hybridized carbons (Fsp3) is 0. The zero-order valence-electron chi connectivity index (χ0n) is 6.29. The molecule has 1 heterocycles. The molecule has 0 aromatic heterocycles. The quantitative estimate of drug-likeness (QED) is 0.649. The fourth-order valence-corrected chi connectivity index (χ4v) is 1.28. The summed E-state index contributed by atoms with van der Waals surface area (Å²) < 4.78 is 0. The highest BCUT2D eigenvalue weighted by Gasteiger charge is 2.04. The maximum Gasteiger partial charge on any atom is 0.105 e. The molecule has 0 bridgehead atoms. The molecule has 0 saturated heterocycles. The molecule has 0 atom stereocenters. The van der Waals surface area contributed by atoms with Crippen LogP contribution in [0.1, 0.15) is 0 Å². The van der Waals surface area contributed by atoms with Crippen LogP contribution in [0.2, 0.25) is 5.02 Å². The van der Waals surface area contributed by atoms with Gasteiger partial charge in [-0.3, -0.25) is 4.99 Å². The third kappa shape index (κ3) is 1.21. The van der Waals surface area contributed by atoms with Crippen molar-refractivity contribution < 1.29 is 0 Å². The summed E-state index contributed by atoms with van der Waals surface area (Å²) in [6.45, 7) is 0. The van der Waals surface area contributed by atoms with E-state index in [1.165, 1.54) is 0 Å². The number of allylic oxidation sites excluding steroid dienone is 1. The predicted octanol–water partition coefficient (Wildman–Crippen LogP) is 2.98. The van der Waals surface area contributed by atoms with Gasteiger partial charge >= 0.3 is 0 Å². The van der Waals surface area contributed by atoms with Gasteiger partial charge in [-0.05, 0) is 18.2 Å². The van der Waals surface area contributed by atoms with Crippen molar-refractivity contribution in [3.63, 3.8) is 0 Å². The number of benzene rings is 1. The highest BCUT2D eigenvalue weighted by atomic mass is 35.5. The molecule has 0 saturated carbocycles. The molecular formula is C9H7ClN2. The summed E-state index contributed by atoms with van der Waals surface area (Å²) in [7, 11) is 0. The maximum absolute atomic E-state index is 5.93. The van der Waals surface area contributed by atoms with Crippen molar-refractivity contribution in [2.45, 2.75) is 0 Å². The van der Waals surface area contributed by atoms with Crippen molar-refractivity contribution in [2.24, 2.45) is 4.99 Å². The third-order valence-electron chi connectivity index (χ3n) is 1.61. The largest absolute Gasteiger partial charge is 0.360 e. The van der Waals surface area contributed by atoms with Gasteiger partial charge in [0.15, 0.2) is 0 Å². The summed E-state index contributed by atoms with van der Waals surface area (Å²) in [4.78, 5) is 4.18. The first-order valence-electron chi connectivity index (χ1n) is 3.62. The van der Waals surface area contributed by atoms with Crippen LogP contribution in [0.3, 0.4) is 0 Å². The average Bonchev–Trinajstić information content (AvgIpc) is 2.30. The summed E-state index contributed by atoms with van der Waals surface area (Å²) in [6, 6.07) is 5.65. The molecule has 0 aliphatic carbocycles. The maximum atomic E-state index is 5.93. The SMILES string of the molecule is Clc1cccc2c1N=CC=CN2. The van der Waals surface area contributed by atoms with Crippen molar-refractivity contribution in [1.82, 2.24) is 0 Å². The summed E-state index contributed by atoms with van der Waals surface area (Å²) in [5, 5.41) is 3.74. The van der Waals surface area contributed by atoms with Crippen LogP contribution in [0, 0.1) is 0 Å². The van der Waals surface area contributed by atoms with Crippen LogP contribution < -0.4 is 5.32 Å². The molecule has 3 heteroatoms. The van der Waals surface area contributed by atoms with E-state index in [0.717, 1.165) is 11.4 Å². The average molecular weight is 179 g/mol. The Kier molecular flexibility index (Phi) is 1.84. The Morgan fingerprint density at radius 1 is 1.33 bits per heavy atom. The molecule has 60 valence electrons. The van der Waals surface area contributed by atoms with Crippen LogP contribution in [-0.4, -0.2) is 6.21 Å². The van der Waals surface area contributed by atoms with Gasteiger partial charge in [-0.15, -0.1) is 0 Å². The van der Waals surface area contributed by atoms with E-state index in [4.69, 9.17) is 11.6 Å². The fourth-order valence-electron chi connectivity index (χ4n) is 1.06. The predicted molar refractivity (Wildman–Crippen MR) is 52.4 cm³/mol. The summed E-state index contributed by atoms with van der Waals surface area (Å²) in [5.41, 5.74) is 1.73. The molecule has 2 rings (SSSR count). The van der Waals surface area contributed by atoms with Crippen LogP contribution in [-0.2, 0) is 0 Å². The van der Waals surface area contributed by atoms with E-state index >= 15 is 0 Å². The summed E-state index contributed by atoms with van der Waals surface area (Å²) in [6.07, 6.45) is 5.37. The van der Waals surface area contributed by atoms with Crippen LogP contribution in [0.15, 0.2) is 35.5 Å². The topological polar surface area (TPSA) is 24.4 Å². The number of hydrogen-bond acceptors (Lipinski definition) is 2. The Morgan fingerprint density at radius 3 is 3.17 bits per heavy atom. The number of nitrogens with zero attached hydrogens (tertiary/aromatic N) is 1. The molecule has 0 amide bonds. The third-order valence-corrected chi connectivity index (χ3v) is 1.92. The summed E-state index contributed by atoms with van der Waals surface area (Å²) >= 11 is 5.93. The van der Waals surface area contributed by atoms with Crippen molar-refractivity contribution in [3.05, 3.63) is 35.5 Å². The van der Waals surface area contributed by atoms with Crippen molar-refractivity contribution in [2.75, 3.05) is 5.32 Å². The number of nitrogens with one attached hydrogen (secondary N) is 1. The van der Waals surface area contributed by atoms with Gasteiger partial charge in [-0.2, -0.15) is 0 Å². The molecule has 0 radical (unpaired) electrons. The number of para-hydroxylation sites is 1. The van der Waals surface area contributed by atoms with Crippen molar-refractivity contribution >= 4 is 29.2 Å². The van der Waals surface area contributed by atoms with E-state index in [9.17, 15) is 0 Å². The van der Waals surface area contributed by atoms with Crippen LogP contribution in [0.25, 0.3) is 0 Å². The first kappa shape index (κ1) is 7.37. The van der Waals surface area contributed by atoms with Gasteiger partial charge in [0.25, 0.3) is 0 Å². The summed E-state index contributed by atoms with van der Waals surface area (Å²) in [5.74, 6) is 0. The van der Waals surface area contributed by atoms with E-state index in [1.54, 1.807) is 6.21 Å². The van der Waals surface area contributed by atoms with E-state index in [0.29, 0.717) is 5.02 Å². The Bertz CT molecular complexity index is 356. The van der Waals surface area contributed by atoms with E-state index in [2.05, 4.69) is 10.3 Å². The van der Waals surface area contributed by atoms with Crippen LogP contribution >= 0.6 is 11.6 Å².